The van der Waals surface area contributed by atoms with Crippen molar-refractivity contribution in [3.63, 3.8) is 0 Å². The van der Waals surface area contributed by atoms with E-state index in [1.54, 1.807) is 7.11 Å². The summed E-state index contributed by atoms with van der Waals surface area (Å²) in [7, 11) is 1.75. The first-order valence-corrected chi connectivity index (χ1v) is 8.04. The number of methoxy groups -OCH3 is 1. The largest absolute Gasteiger partial charge is 0.496 e. The first-order chi connectivity index (χ1) is 10.3. The molecule has 1 aliphatic rings. The van der Waals surface area contributed by atoms with Crippen molar-refractivity contribution < 1.29 is 4.74 Å². The molecule has 3 rings (SSSR count). The van der Waals surface area contributed by atoms with Crippen LogP contribution in [0.25, 0.3) is 10.9 Å². The Kier molecular flexibility index (Phi) is 5.90. The van der Waals surface area contributed by atoms with Gasteiger partial charge in [-0.05, 0) is 43.4 Å². The fourth-order valence-electron chi connectivity index (χ4n) is 3.19. The summed E-state index contributed by atoms with van der Waals surface area (Å²) in [5.74, 6) is 0.974. The molecular weight excluding hydrogens is 296 g/mol. The molecule has 1 fully saturated rings. The van der Waals surface area contributed by atoms with Crippen LogP contribution in [-0.2, 0) is 6.42 Å². The van der Waals surface area contributed by atoms with Crippen molar-refractivity contribution in [1.29, 1.82) is 0 Å². The standard InChI is InChI=1S/C18H24N2O.ClH/c1-3-4-7-14-12-15-16(13-18(14)21-2)19-9-8-17(15)20-10-5-6-11-20;/h8-9,12-13H,3-7,10-11H2,1-2H3;1H. The maximum atomic E-state index is 5.56. The van der Waals surface area contributed by atoms with E-state index < -0.39 is 0 Å². The Hall–Kier alpha value is -1.48. The predicted octanol–water partition coefficient (Wildman–Crippen LogP) is 4.61. The number of unbranched alkanes of at least 4 members (excludes halogenated alkanes) is 1. The Morgan fingerprint density at radius 3 is 2.68 bits per heavy atom. The quantitative estimate of drug-likeness (QED) is 0.804. The summed E-state index contributed by atoms with van der Waals surface area (Å²) < 4.78 is 5.56. The summed E-state index contributed by atoms with van der Waals surface area (Å²) in [6, 6.07) is 6.55. The molecule has 2 aromatic rings. The second kappa shape index (κ2) is 7.68. The topological polar surface area (TPSA) is 25.4 Å². The van der Waals surface area contributed by atoms with Crippen molar-refractivity contribution in [3.05, 3.63) is 30.0 Å². The van der Waals surface area contributed by atoms with E-state index in [0.717, 1.165) is 30.8 Å². The molecule has 0 atom stereocenters. The fraction of sp³-hybridized carbons (Fsp3) is 0.500. The molecule has 1 saturated heterocycles. The van der Waals surface area contributed by atoms with Crippen LogP contribution in [0.2, 0.25) is 0 Å². The van der Waals surface area contributed by atoms with Crippen LogP contribution in [0.4, 0.5) is 5.69 Å². The smallest absolute Gasteiger partial charge is 0.124 e. The lowest BCUT2D eigenvalue weighted by molar-refractivity contribution is 0.409. The summed E-state index contributed by atoms with van der Waals surface area (Å²) in [6.07, 6.45) is 7.98. The van der Waals surface area contributed by atoms with Gasteiger partial charge in [0.15, 0.2) is 0 Å². The number of hydrogen-bond acceptors (Lipinski definition) is 3. The van der Waals surface area contributed by atoms with Crippen LogP contribution >= 0.6 is 12.4 Å². The van der Waals surface area contributed by atoms with Gasteiger partial charge in [0, 0.05) is 36.4 Å². The van der Waals surface area contributed by atoms with E-state index in [-0.39, 0.29) is 12.4 Å². The van der Waals surface area contributed by atoms with E-state index in [1.165, 1.54) is 42.3 Å². The Bertz CT molecular complexity index is 624. The maximum Gasteiger partial charge on any atom is 0.124 e. The normalized spacial score (nSPS) is 14.2. The van der Waals surface area contributed by atoms with Gasteiger partial charge in [0.2, 0.25) is 0 Å². The maximum absolute atomic E-state index is 5.56. The highest BCUT2D eigenvalue weighted by molar-refractivity contribution is 5.93. The number of nitrogens with zero attached hydrogens (tertiary/aromatic N) is 2. The lowest BCUT2D eigenvalue weighted by Gasteiger charge is -2.20. The van der Waals surface area contributed by atoms with Crippen LogP contribution in [-0.4, -0.2) is 25.2 Å². The van der Waals surface area contributed by atoms with Crippen LogP contribution in [0, 0.1) is 0 Å². The number of rotatable bonds is 5. The first-order valence-electron chi connectivity index (χ1n) is 8.04. The second-order valence-electron chi connectivity index (χ2n) is 5.81. The van der Waals surface area contributed by atoms with Crippen molar-refractivity contribution in [1.82, 2.24) is 4.98 Å². The fourth-order valence-corrected chi connectivity index (χ4v) is 3.19. The molecule has 0 N–H and O–H groups in total. The van der Waals surface area contributed by atoms with Crippen molar-refractivity contribution >= 4 is 29.0 Å². The molecule has 0 unspecified atom stereocenters. The zero-order valence-electron chi connectivity index (χ0n) is 13.5. The van der Waals surface area contributed by atoms with Crippen LogP contribution < -0.4 is 9.64 Å². The van der Waals surface area contributed by atoms with E-state index in [0.29, 0.717) is 0 Å². The highest BCUT2D eigenvalue weighted by Crippen LogP contribution is 2.33. The highest BCUT2D eigenvalue weighted by Gasteiger charge is 2.16. The molecule has 0 amide bonds. The summed E-state index contributed by atoms with van der Waals surface area (Å²) in [5, 5.41) is 1.27. The molecule has 1 aromatic heterocycles. The van der Waals surface area contributed by atoms with Gasteiger partial charge in [0.25, 0.3) is 0 Å². The lowest BCUT2D eigenvalue weighted by atomic mass is 10.0. The van der Waals surface area contributed by atoms with E-state index in [2.05, 4.69) is 35.0 Å². The molecule has 0 spiro atoms. The van der Waals surface area contributed by atoms with Gasteiger partial charge in [-0.3, -0.25) is 4.98 Å². The number of halogens is 1. The molecule has 1 aromatic carbocycles. The molecule has 0 radical (unpaired) electrons. The van der Waals surface area contributed by atoms with Gasteiger partial charge in [-0.2, -0.15) is 0 Å². The van der Waals surface area contributed by atoms with Crippen LogP contribution in [0.1, 0.15) is 38.2 Å². The third kappa shape index (κ3) is 3.30. The van der Waals surface area contributed by atoms with Crippen molar-refractivity contribution in [2.24, 2.45) is 0 Å². The number of hydrogen-bond donors (Lipinski definition) is 0. The van der Waals surface area contributed by atoms with Gasteiger partial charge in [0.1, 0.15) is 5.75 Å². The molecular formula is C18H25ClN2O. The molecule has 1 aliphatic heterocycles. The van der Waals surface area contributed by atoms with Gasteiger partial charge in [-0.1, -0.05) is 13.3 Å². The van der Waals surface area contributed by atoms with E-state index in [1.807, 2.05) is 6.20 Å². The average molecular weight is 321 g/mol. The number of aryl methyl sites for hydroxylation is 1. The monoisotopic (exact) mass is 320 g/mol. The minimum atomic E-state index is 0. The summed E-state index contributed by atoms with van der Waals surface area (Å²) in [6.45, 7) is 4.55. The Labute approximate surface area is 139 Å². The Morgan fingerprint density at radius 1 is 1.23 bits per heavy atom. The van der Waals surface area contributed by atoms with Crippen LogP contribution in [0.15, 0.2) is 24.4 Å². The summed E-state index contributed by atoms with van der Waals surface area (Å²) >= 11 is 0. The second-order valence-corrected chi connectivity index (χ2v) is 5.81. The Balaban J connectivity index is 0.00000176. The van der Waals surface area contributed by atoms with Crippen LogP contribution in [0.5, 0.6) is 5.75 Å². The van der Waals surface area contributed by atoms with E-state index in [4.69, 9.17) is 4.74 Å². The molecule has 4 heteroatoms. The van der Waals surface area contributed by atoms with Crippen LogP contribution in [0.3, 0.4) is 0 Å². The molecule has 2 heterocycles. The van der Waals surface area contributed by atoms with Gasteiger partial charge in [-0.15, -0.1) is 12.4 Å². The lowest BCUT2D eigenvalue weighted by Crippen LogP contribution is -2.18. The summed E-state index contributed by atoms with van der Waals surface area (Å²) in [4.78, 5) is 7.02. The number of anilines is 1. The summed E-state index contributed by atoms with van der Waals surface area (Å²) in [5.41, 5.74) is 3.68. The molecule has 0 bridgehead atoms. The van der Waals surface area contributed by atoms with E-state index >= 15 is 0 Å². The van der Waals surface area contributed by atoms with Gasteiger partial charge >= 0.3 is 0 Å². The van der Waals surface area contributed by atoms with Gasteiger partial charge in [0.05, 0.1) is 12.6 Å². The first kappa shape index (κ1) is 16.9. The van der Waals surface area contributed by atoms with Crippen molar-refractivity contribution in [3.8, 4) is 5.75 Å². The zero-order chi connectivity index (χ0) is 14.7. The molecule has 22 heavy (non-hydrogen) atoms. The van der Waals surface area contributed by atoms with E-state index in [9.17, 15) is 0 Å². The number of pyridine rings is 1. The van der Waals surface area contributed by atoms with Crippen molar-refractivity contribution in [2.45, 2.75) is 39.0 Å². The number of fused-ring (bicyclic) bond motifs is 1. The average Bonchev–Trinajstić information content (AvgIpc) is 3.05. The molecule has 0 aliphatic carbocycles. The van der Waals surface area contributed by atoms with Gasteiger partial charge < -0.3 is 9.64 Å². The molecule has 3 nitrogen and oxygen atoms in total. The zero-order valence-corrected chi connectivity index (χ0v) is 14.3. The molecule has 0 saturated carbocycles. The van der Waals surface area contributed by atoms with Gasteiger partial charge in [-0.25, -0.2) is 0 Å². The number of aromatic nitrogens is 1. The predicted molar refractivity (Wildman–Crippen MR) is 95.6 cm³/mol. The number of ether oxygens (including phenoxy) is 1. The number of benzene rings is 1. The van der Waals surface area contributed by atoms with Crippen molar-refractivity contribution in [2.75, 3.05) is 25.1 Å². The Morgan fingerprint density at radius 2 is 2.00 bits per heavy atom. The SMILES string of the molecule is CCCCc1cc2c(N3CCCC3)ccnc2cc1OC.Cl. The minimum Gasteiger partial charge on any atom is -0.496 e. The minimum absolute atomic E-state index is 0. The third-order valence-corrected chi connectivity index (χ3v) is 4.37. The molecule has 120 valence electrons. The third-order valence-electron chi connectivity index (χ3n) is 4.37. The highest BCUT2D eigenvalue weighted by atomic mass is 35.5.